The number of hydrogen-bond acceptors (Lipinski definition) is 8. The molecule has 3 N–H and O–H groups in total. The Morgan fingerprint density at radius 1 is 1.07 bits per heavy atom. The molecule has 2 saturated heterocycles. The fraction of sp³-hybridized carbons (Fsp3) is 0.516. The van der Waals surface area contributed by atoms with Crippen molar-refractivity contribution in [1.29, 1.82) is 0 Å². The second-order valence-corrected chi connectivity index (χ2v) is 13.2. The van der Waals surface area contributed by atoms with Crippen LogP contribution >= 0.6 is 11.8 Å². The van der Waals surface area contributed by atoms with Crippen LogP contribution in [0.1, 0.15) is 43.4 Å². The van der Waals surface area contributed by atoms with Crippen LogP contribution in [0.4, 0.5) is 4.79 Å². The number of nitrogens with zero attached hydrogens (tertiary/aromatic N) is 1. The Balaban J connectivity index is 1.28. The zero-order chi connectivity index (χ0) is 29.9. The van der Waals surface area contributed by atoms with E-state index in [9.17, 15) is 19.5 Å². The SMILES string of the molecule is Cc1ccccc1CNC(=O)[C@H]1N(C(=O)[C@@H](O)[C@H](Cc2ccccc2)NC(=O)OC2C[C@@H]3OCO[C@@H]3C2)CSC1(C)C. The van der Waals surface area contributed by atoms with Gasteiger partial charge in [-0.05, 0) is 43.9 Å². The Labute approximate surface area is 250 Å². The van der Waals surface area contributed by atoms with Gasteiger partial charge < -0.3 is 34.9 Å². The van der Waals surface area contributed by atoms with Crippen molar-refractivity contribution < 1.29 is 33.7 Å². The summed E-state index contributed by atoms with van der Waals surface area (Å²) in [5.41, 5.74) is 2.88. The molecule has 3 aliphatic rings. The molecule has 2 aliphatic heterocycles. The second kappa shape index (κ2) is 13.0. The molecule has 0 aromatic heterocycles. The highest BCUT2D eigenvalue weighted by atomic mass is 32.2. The van der Waals surface area contributed by atoms with Crippen molar-refractivity contribution >= 4 is 29.7 Å². The summed E-state index contributed by atoms with van der Waals surface area (Å²) in [5.74, 6) is -0.682. The highest BCUT2D eigenvalue weighted by Gasteiger charge is 2.50. The molecular formula is C31H39N3O7S. The Hall–Kier alpha value is -3.12. The summed E-state index contributed by atoms with van der Waals surface area (Å²) in [5, 5.41) is 17.1. The van der Waals surface area contributed by atoms with Crippen LogP contribution in [0.5, 0.6) is 0 Å². The lowest BCUT2D eigenvalue weighted by atomic mass is 9.97. The maximum Gasteiger partial charge on any atom is 0.407 e. The number of benzene rings is 2. The van der Waals surface area contributed by atoms with Gasteiger partial charge in [-0.2, -0.15) is 0 Å². The highest BCUT2D eigenvalue weighted by Crippen LogP contribution is 2.40. The molecule has 1 unspecified atom stereocenters. The minimum absolute atomic E-state index is 0.0972. The van der Waals surface area contributed by atoms with E-state index >= 15 is 0 Å². The molecule has 3 amide bonds. The van der Waals surface area contributed by atoms with Gasteiger partial charge in [0.1, 0.15) is 18.9 Å². The predicted molar refractivity (Wildman–Crippen MR) is 157 cm³/mol. The first-order chi connectivity index (χ1) is 20.1. The number of rotatable bonds is 9. The molecule has 5 rings (SSSR count). The van der Waals surface area contributed by atoms with Crippen LogP contribution in [-0.2, 0) is 36.8 Å². The molecule has 6 atom stereocenters. The fourth-order valence-electron chi connectivity index (χ4n) is 5.87. The summed E-state index contributed by atoms with van der Waals surface area (Å²) in [4.78, 5) is 41.7. The van der Waals surface area contributed by atoms with Gasteiger partial charge in [-0.1, -0.05) is 54.6 Å². The van der Waals surface area contributed by atoms with Crippen molar-refractivity contribution in [2.45, 2.75) is 87.8 Å². The Kier molecular flexibility index (Phi) is 9.41. The number of alkyl carbamates (subject to hydrolysis) is 1. The number of nitrogens with one attached hydrogen (secondary N) is 2. The van der Waals surface area contributed by atoms with Crippen LogP contribution in [0, 0.1) is 6.92 Å². The number of aryl methyl sites for hydroxylation is 1. The third kappa shape index (κ3) is 6.91. The van der Waals surface area contributed by atoms with Crippen molar-refractivity contribution in [3.63, 3.8) is 0 Å². The van der Waals surface area contributed by atoms with Crippen LogP contribution in [0.25, 0.3) is 0 Å². The number of aliphatic hydroxyl groups excluding tert-OH is 1. The molecule has 226 valence electrons. The molecule has 3 fully saturated rings. The van der Waals surface area contributed by atoms with E-state index in [0.717, 1.165) is 16.7 Å². The fourth-order valence-corrected chi connectivity index (χ4v) is 7.01. The minimum Gasteiger partial charge on any atom is -0.446 e. The van der Waals surface area contributed by atoms with Crippen LogP contribution in [0.3, 0.4) is 0 Å². The molecule has 10 nitrogen and oxygen atoms in total. The van der Waals surface area contributed by atoms with E-state index in [-0.39, 0.29) is 43.3 Å². The standard InChI is InChI=1S/C31H39N3O7S/c1-19-9-7-8-12-21(19)16-32-28(36)27-31(2,3)42-17-34(27)29(37)26(35)23(13-20-10-5-4-6-11-20)33-30(38)41-22-14-24-25(15-22)40-18-39-24/h4-12,22-27,35H,13-18H2,1-3H3,(H,32,36)(H,33,38)/t22?,23-,24-,25+,26-,27+/m0/s1. The molecule has 2 aromatic rings. The monoisotopic (exact) mass is 597 g/mol. The Morgan fingerprint density at radius 3 is 2.43 bits per heavy atom. The second-order valence-electron chi connectivity index (χ2n) is 11.6. The molecule has 2 heterocycles. The van der Waals surface area contributed by atoms with Gasteiger partial charge in [0.05, 0.1) is 24.1 Å². The zero-order valence-electron chi connectivity index (χ0n) is 24.2. The van der Waals surface area contributed by atoms with Crippen molar-refractivity contribution in [1.82, 2.24) is 15.5 Å². The summed E-state index contributed by atoms with van der Waals surface area (Å²) >= 11 is 1.47. The first-order valence-corrected chi connectivity index (χ1v) is 15.3. The predicted octanol–water partition coefficient (Wildman–Crippen LogP) is 2.89. The number of carbonyl (C=O) groups excluding carboxylic acids is 3. The van der Waals surface area contributed by atoms with E-state index in [1.807, 2.05) is 75.4 Å². The minimum atomic E-state index is -1.60. The zero-order valence-corrected chi connectivity index (χ0v) is 25.0. The first kappa shape index (κ1) is 30.3. The number of fused-ring (bicyclic) bond motifs is 1. The molecule has 2 aromatic carbocycles. The molecule has 42 heavy (non-hydrogen) atoms. The summed E-state index contributed by atoms with van der Waals surface area (Å²) in [6.45, 7) is 6.38. The smallest absolute Gasteiger partial charge is 0.407 e. The van der Waals surface area contributed by atoms with E-state index in [1.165, 1.54) is 16.7 Å². The molecular weight excluding hydrogens is 558 g/mol. The number of aliphatic hydroxyl groups is 1. The van der Waals surface area contributed by atoms with Gasteiger partial charge in [0, 0.05) is 24.1 Å². The van der Waals surface area contributed by atoms with Gasteiger partial charge in [-0.25, -0.2) is 4.79 Å². The molecule has 11 heteroatoms. The molecule has 0 spiro atoms. The van der Waals surface area contributed by atoms with Gasteiger partial charge in [-0.3, -0.25) is 9.59 Å². The quantitative estimate of drug-likeness (QED) is 0.403. The molecule has 0 bridgehead atoms. The lowest BCUT2D eigenvalue weighted by molar-refractivity contribution is -0.147. The number of amides is 3. The molecule has 1 aliphatic carbocycles. The third-order valence-electron chi connectivity index (χ3n) is 8.27. The van der Waals surface area contributed by atoms with Gasteiger partial charge in [0.2, 0.25) is 5.91 Å². The van der Waals surface area contributed by atoms with Gasteiger partial charge in [0.25, 0.3) is 5.91 Å². The van der Waals surface area contributed by atoms with Crippen molar-refractivity contribution in [3.05, 3.63) is 71.3 Å². The van der Waals surface area contributed by atoms with Gasteiger partial charge in [0.15, 0.2) is 6.10 Å². The third-order valence-corrected chi connectivity index (χ3v) is 9.64. The van der Waals surface area contributed by atoms with Crippen LogP contribution < -0.4 is 10.6 Å². The average Bonchev–Trinajstić information content (AvgIpc) is 3.65. The van der Waals surface area contributed by atoms with Gasteiger partial charge in [-0.15, -0.1) is 11.8 Å². The average molecular weight is 598 g/mol. The Bertz CT molecular complexity index is 1260. The van der Waals surface area contributed by atoms with E-state index < -0.39 is 34.9 Å². The Morgan fingerprint density at radius 2 is 1.74 bits per heavy atom. The summed E-state index contributed by atoms with van der Waals surface area (Å²) < 4.78 is 16.1. The number of hydrogen-bond donors (Lipinski definition) is 3. The van der Waals surface area contributed by atoms with Crippen LogP contribution in [-0.4, -0.2) is 81.8 Å². The van der Waals surface area contributed by atoms with Crippen LogP contribution in [0.15, 0.2) is 54.6 Å². The molecule has 1 saturated carbocycles. The largest absolute Gasteiger partial charge is 0.446 e. The topological polar surface area (TPSA) is 126 Å². The number of carbonyl (C=O) groups is 3. The molecule has 0 radical (unpaired) electrons. The first-order valence-electron chi connectivity index (χ1n) is 14.3. The lowest BCUT2D eigenvalue weighted by Crippen LogP contribution is -2.58. The summed E-state index contributed by atoms with van der Waals surface area (Å²) in [6.07, 6.45) is -1.66. The van der Waals surface area contributed by atoms with Crippen molar-refractivity contribution in [2.24, 2.45) is 0 Å². The number of thioether (sulfide) groups is 1. The van der Waals surface area contributed by atoms with Crippen LogP contribution in [0.2, 0.25) is 0 Å². The van der Waals surface area contributed by atoms with Gasteiger partial charge >= 0.3 is 6.09 Å². The van der Waals surface area contributed by atoms with E-state index in [1.54, 1.807) is 0 Å². The highest BCUT2D eigenvalue weighted by molar-refractivity contribution is 8.00. The number of ether oxygens (including phenoxy) is 3. The maximum atomic E-state index is 13.8. The van der Waals surface area contributed by atoms with E-state index in [4.69, 9.17) is 14.2 Å². The normalized spacial score (nSPS) is 25.9. The lowest BCUT2D eigenvalue weighted by Gasteiger charge is -2.33. The van der Waals surface area contributed by atoms with Crippen molar-refractivity contribution in [3.8, 4) is 0 Å². The summed E-state index contributed by atoms with van der Waals surface area (Å²) in [6, 6.07) is 15.3. The van der Waals surface area contributed by atoms with E-state index in [0.29, 0.717) is 19.4 Å². The van der Waals surface area contributed by atoms with E-state index in [2.05, 4.69) is 10.6 Å². The summed E-state index contributed by atoms with van der Waals surface area (Å²) in [7, 11) is 0. The van der Waals surface area contributed by atoms with Crippen molar-refractivity contribution in [2.75, 3.05) is 12.7 Å². The maximum absolute atomic E-state index is 13.8.